The van der Waals surface area contributed by atoms with Crippen molar-refractivity contribution in [2.75, 3.05) is 6.54 Å². The molecule has 0 radical (unpaired) electrons. The average molecular weight is 433 g/mol. The smallest absolute Gasteiger partial charge is 0.407 e. The highest BCUT2D eigenvalue weighted by Crippen LogP contribution is 2.45. The van der Waals surface area contributed by atoms with Gasteiger partial charge >= 0.3 is 6.09 Å². The molecule has 1 saturated carbocycles. The number of carbonyl (C=O) groups is 2. The van der Waals surface area contributed by atoms with Gasteiger partial charge in [-0.1, -0.05) is 58.0 Å². The number of Topliss-reactive ketones (excluding diaryl/α,β-unsaturated/α-hetero) is 1. The molecule has 6 nitrogen and oxygen atoms in total. The number of hydrogen-bond acceptors (Lipinski definition) is 5. The highest BCUT2D eigenvalue weighted by Gasteiger charge is 2.57. The van der Waals surface area contributed by atoms with E-state index in [0.29, 0.717) is 24.8 Å². The molecule has 31 heavy (non-hydrogen) atoms. The lowest BCUT2D eigenvalue weighted by Crippen LogP contribution is -2.47. The van der Waals surface area contributed by atoms with Crippen LogP contribution in [0.25, 0.3) is 0 Å². The van der Waals surface area contributed by atoms with E-state index in [2.05, 4.69) is 38.3 Å². The van der Waals surface area contributed by atoms with E-state index < -0.39 is 11.7 Å². The molecule has 1 amide bonds. The maximum absolute atomic E-state index is 12.3. The molecule has 0 heterocycles. The first kappa shape index (κ1) is 25.3. The Kier molecular flexibility index (Phi) is 9.07. The number of ketones is 1. The topological polar surface area (TPSA) is 87.7 Å². The summed E-state index contributed by atoms with van der Waals surface area (Å²) in [7, 11) is 0. The summed E-state index contributed by atoms with van der Waals surface area (Å²) in [6.45, 7) is 12.8. The predicted octanol–water partition coefficient (Wildman–Crippen LogP) is 3.92. The summed E-state index contributed by atoms with van der Waals surface area (Å²) in [5.41, 5.74) is -0.0143. The molecule has 174 valence electrons. The first-order valence-electron chi connectivity index (χ1n) is 11.5. The molecule has 6 heteroatoms. The van der Waals surface area contributed by atoms with Crippen molar-refractivity contribution >= 4 is 11.9 Å². The van der Waals surface area contributed by atoms with Gasteiger partial charge in [0.1, 0.15) is 12.4 Å². The fourth-order valence-corrected chi connectivity index (χ4v) is 4.24. The Bertz CT molecular complexity index is 712. The molecule has 0 aromatic heterocycles. The van der Waals surface area contributed by atoms with Gasteiger partial charge in [-0.05, 0) is 44.1 Å². The van der Waals surface area contributed by atoms with Gasteiger partial charge in [0.2, 0.25) is 0 Å². The molecule has 1 aliphatic carbocycles. The summed E-state index contributed by atoms with van der Waals surface area (Å²) in [5.74, 6) is 0.547. The number of alkyl carbamates (subject to hydrolysis) is 1. The number of carbonyl (C=O) groups excluding carboxylic acids is 2. The van der Waals surface area contributed by atoms with Crippen LogP contribution in [0.4, 0.5) is 4.79 Å². The Morgan fingerprint density at radius 3 is 2.32 bits per heavy atom. The summed E-state index contributed by atoms with van der Waals surface area (Å²) in [4.78, 5) is 24.5. The molecular formula is C25H40N2O4. The van der Waals surface area contributed by atoms with E-state index in [0.717, 1.165) is 12.0 Å². The Balaban J connectivity index is 1.88. The maximum Gasteiger partial charge on any atom is 0.407 e. The molecule has 3 N–H and O–H groups in total. The molecule has 2 rings (SSSR count). The van der Waals surface area contributed by atoms with Crippen LogP contribution >= 0.6 is 0 Å². The second-order valence-electron chi connectivity index (χ2n) is 10.2. The molecule has 1 aromatic carbocycles. The fourth-order valence-electron chi connectivity index (χ4n) is 4.24. The van der Waals surface area contributed by atoms with Crippen molar-refractivity contribution in [3.05, 3.63) is 35.9 Å². The van der Waals surface area contributed by atoms with E-state index in [9.17, 15) is 14.7 Å². The van der Waals surface area contributed by atoms with Crippen molar-refractivity contribution in [1.82, 2.24) is 10.6 Å². The van der Waals surface area contributed by atoms with Crippen molar-refractivity contribution < 1.29 is 19.4 Å². The summed E-state index contributed by atoms with van der Waals surface area (Å²) in [5, 5.41) is 16.8. The zero-order valence-corrected chi connectivity index (χ0v) is 19.9. The minimum absolute atomic E-state index is 0.0653. The normalized spacial score (nSPS) is 20.6. The molecule has 1 aliphatic rings. The van der Waals surface area contributed by atoms with Gasteiger partial charge in [0.15, 0.2) is 0 Å². The lowest BCUT2D eigenvalue weighted by molar-refractivity contribution is -0.114. The van der Waals surface area contributed by atoms with Crippen molar-refractivity contribution in [3.8, 4) is 0 Å². The SMILES string of the molecule is CC(C)C[C@H](CN[C@@H](CC1C(=O)C1C(C)(C)O)C(C)C)NC(=O)OCc1ccccc1. The first-order chi connectivity index (χ1) is 14.5. The summed E-state index contributed by atoms with van der Waals surface area (Å²) < 4.78 is 5.38. The van der Waals surface area contributed by atoms with Crippen LogP contribution < -0.4 is 10.6 Å². The number of benzene rings is 1. The highest BCUT2D eigenvalue weighted by molar-refractivity contribution is 6.00. The van der Waals surface area contributed by atoms with Gasteiger partial charge in [0, 0.05) is 24.5 Å². The van der Waals surface area contributed by atoms with Crippen LogP contribution in [0, 0.1) is 23.7 Å². The van der Waals surface area contributed by atoms with E-state index in [4.69, 9.17) is 4.74 Å². The number of hydrogen-bond donors (Lipinski definition) is 3. The third-order valence-electron chi connectivity index (χ3n) is 5.96. The Morgan fingerprint density at radius 1 is 1.16 bits per heavy atom. The Morgan fingerprint density at radius 2 is 1.81 bits per heavy atom. The number of nitrogens with one attached hydrogen (secondary N) is 2. The quantitative estimate of drug-likeness (QED) is 0.466. The van der Waals surface area contributed by atoms with E-state index >= 15 is 0 Å². The van der Waals surface area contributed by atoms with Crippen molar-refractivity contribution in [3.63, 3.8) is 0 Å². The predicted molar refractivity (Wildman–Crippen MR) is 123 cm³/mol. The molecule has 1 fully saturated rings. The number of aliphatic hydroxyl groups is 1. The van der Waals surface area contributed by atoms with Crippen LogP contribution in [0.15, 0.2) is 30.3 Å². The summed E-state index contributed by atoms with van der Waals surface area (Å²) in [6.07, 6.45) is 1.11. The minimum atomic E-state index is -0.965. The van der Waals surface area contributed by atoms with Crippen molar-refractivity contribution in [2.24, 2.45) is 23.7 Å². The average Bonchev–Trinajstić information content (AvgIpc) is 3.33. The Labute approximate surface area is 187 Å². The molecule has 1 aromatic rings. The standard InChI is InChI=1S/C25H40N2O4/c1-16(2)12-19(27-24(29)31-15-18-10-8-7-9-11-18)14-26-21(17(3)4)13-20-22(23(20)28)25(5,6)30/h7-11,16-17,19-22,26,30H,12-15H2,1-6H3,(H,27,29)/t19-,20?,21+,22?/m1/s1. The molecule has 0 spiro atoms. The van der Waals surface area contributed by atoms with E-state index in [1.807, 2.05) is 30.3 Å². The zero-order valence-electron chi connectivity index (χ0n) is 19.9. The lowest BCUT2D eigenvalue weighted by Gasteiger charge is -2.27. The van der Waals surface area contributed by atoms with E-state index in [1.165, 1.54) is 0 Å². The van der Waals surface area contributed by atoms with Crippen LogP contribution in [0.3, 0.4) is 0 Å². The first-order valence-corrected chi connectivity index (χ1v) is 11.5. The van der Waals surface area contributed by atoms with Crippen molar-refractivity contribution in [2.45, 2.75) is 78.7 Å². The van der Waals surface area contributed by atoms with Crippen LogP contribution in [0.1, 0.15) is 59.9 Å². The monoisotopic (exact) mass is 432 g/mol. The fraction of sp³-hybridized carbons (Fsp3) is 0.680. The third kappa shape index (κ3) is 8.26. The molecular weight excluding hydrogens is 392 g/mol. The molecule has 0 aliphatic heterocycles. The van der Waals surface area contributed by atoms with Gasteiger partial charge in [-0.3, -0.25) is 4.79 Å². The second kappa shape index (κ2) is 11.1. The molecule has 0 saturated heterocycles. The third-order valence-corrected chi connectivity index (χ3v) is 5.96. The largest absolute Gasteiger partial charge is 0.445 e. The maximum atomic E-state index is 12.3. The van der Waals surface area contributed by atoms with E-state index in [-0.39, 0.29) is 36.3 Å². The van der Waals surface area contributed by atoms with Gasteiger partial charge < -0.3 is 20.5 Å². The second-order valence-corrected chi connectivity index (χ2v) is 10.2. The molecule has 4 atom stereocenters. The van der Waals surface area contributed by atoms with Gasteiger partial charge in [-0.2, -0.15) is 0 Å². The van der Waals surface area contributed by atoms with Gasteiger partial charge in [0.25, 0.3) is 0 Å². The van der Waals surface area contributed by atoms with Crippen LogP contribution in [0.2, 0.25) is 0 Å². The molecule has 2 unspecified atom stereocenters. The lowest BCUT2D eigenvalue weighted by atomic mass is 9.94. The minimum Gasteiger partial charge on any atom is -0.445 e. The van der Waals surface area contributed by atoms with Crippen LogP contribution in [0.5, 0.6) is 0 Å². The van der Waals surface area contributed by atoms with E-state index in [1.54, 1.807) is 13.8 Å². The van der Waals surface area contributed by atoms with Gasteiger partial charge in [-0.15, -0.1) is 0 Å². The summed E-state index contributed by atoms with van der Waals surface area (Å²) >= 11 is 0. The number of rotatable bonds is 12. The Hall–Kier alpha value is -1.92. The molecule has 0 bridgehead atoms. The van der Waals surface area contributed by atoms with Crippen LogP contribution in [-0.4, -0.2) is 41.2 Å². The highest BCUT2D eigenvalue weighted by atomic mass is 16.5. The number of amides is 1. The van der Waals surface area contributed by atoms with Gasteiger partial charge in [0.05, 0.1) is 11.5 Å². The summed E-state index contributed by atoms with van der Waals surface area (Å²) in [6, 6.07) is 9.68. The van der Waals surface area contributed by atoms with Crippen LogP contribution in [-0.2, 0) is 16.1 Å². The van der Waals surface area contributed by atoms with Gasteiger partial charge in [-0.25, -0.2) is 4.79 Å². The number of ether oxygens (including phenoxy) is 1. The zero-order chi connectivity index (χ0) is 23.2. The van der Waals surface area contributed by atoms with Crippen molar-refractivity contribution in [1.29, 1.82) is 0 Å².